The summed E-state index contributed by atoms with van der Waals surface area (Å²) in [6, 6.07) is 7.24. The molecule has 1 unspecified atom stereocenters. The minimum Gasteiger partial charge on any atom is -0.494 e. The molecule has 0 spiro atoms. The highest BCUT2D eigenvalue weighted by Gasteiger charge is 2.11. The van der Waals surface area contributed by atoms with Crippen LogP contribution in [-0.4, -0.2) is 19.2 Å². The van der Waals surface area contributed by atoms with Gasteiger partial charge in [0.1, 0.15) is 5.75 Å². The van der Waals surface area contributed by atoms with Crippen LogP contribution in [0.15, 0.2) is 36.4 Å². The van der Waals surface area contributed by atoms with E-state index in [1.54, 1.807) is 0 Å². The SMILES string of the molecule is CCOc1ccc(NC(=O)NCC2CC=CCC2)cc1. The van der Waals surface area contributed by atoms with Crippen molar-refractivity contribution in [3.05, 3.63) is 36.4 Å². The Labute approximate surface area is 120 Å². The van der Waals surface area contributed by atoms with Crippen LogP contribution in [0.5, 0.6) is 5.75 Å². The van der Waals surface area contributed by atoms with E-state index in [1.807, 2.05) is 31.2 Å². The number of rotatable bonds is 5. The molecule has 0 fully saturated rings. The summed E-state index contributed by atoms with van der Waals surface area (Å²) in [7, 11) is 0. The fraction of sp³-hybridized carbons (Fsp3) is 0.438. The highest BCUT2D eigenvalue weighted by atomic mass is 16.5. The van der Waals surface area contributed by atoms with E-state index in [1.165, 1.54) is 0 Å². The van der Waals surface area contributed by atoms with Gasteiger partial charge in [-0.2, -0.15) is 0 Å². The summed E-state index contributed by atoms with van der Waals surface area (Å²) in [6.07, 6.45) is 7.73. The highest BCUT2D eigenvalue weighted by Crippen LogP contribution is 2.17. The van der Waals surface area contributed by atoms with Crippen LogP contribution >= 0.6 is 0 Å². The van der Waals surface area contributed by atoms with Gasteiger partial charge in [0.05, 0.1) is 6.61 Å². The van der Waals surface area contributed by atoms with Gasteiger partial charge in [0.15, 0.2) is 0 Å². The number of carbonyl (C=O) groups excluding carboxylic acids is 1. The third-order valence-electron chi connectivity index (χ3n) is 3.35. The Bertz CT molecular complexity index is 454. The number of urea groups is 1. The first-order chi connectivity index (χ1) is 9.78. The maximum atomic E-state index is 11.8. The maximum Gasteiger partial charge on any atom is 0.319 e. The molecule has 1 aliphatic rings. The number of hydrogen-bond donors (Lipinski definition) is 2. The van der Waals surface area contributed by atoms with Gasteiger partial charge in [-0.05, 0) is 56.4 Å². The molecule has 4 nitrogen and oxygen atoms in total. The second-order valence-electron chi connectivity index (χ2n) is 4.94. The molecule has 0 saturated heterocycles. The summed E-state index contributed by atoms with van der Waals surface area (Å²) < 4.78 is 5.36. The van der Waals surface area contributed by atoms with Crippen LogP contribution in [0.4, 0.5) is 10.5 Å². The van der Waals surface area contributed by atoms with Crippen molar-refractivity contribution in [1.29, 1.82) is 0 Å². The number of nitrogens with one attached hydrogen (secondary N) is 2. The molecule has 0 bridgehead atoms. The second kappa shape index (κ2) is 7.58. The van der Waals surface area contributed by atoms with Gasteiger partial charge in [-0.25, -0.2) is 4.79 Å². The number of allylic oxidation sites excluding steroid dienone is 2. The zero-order valence-corrected chi connectivity index (χ0v) is 11.9. The summed E-state index contributed by atoms with van der Waals surface area (Å²) in [5.74, 6) is 1.37. The van der Waals surface area contributed by atoms with Crippen molar-refractivity contribution >= 4 is 11.7 Å². The number of amides is 2. The Morgan fingerprint density at radius 3 is 2.75 bits per heavy atom. The van der Waals surface area contributed by atoms with E-state index >= 15 is 0 Å². The molecule has 0 radical (unpaired) electrons. The molecule has 4 heteroatoms. The third-order valence-corrected chi connectivity index (χ3v) is 3.35. The van der Waals surface area contributed by atoms with Crippen LogP contribution in [0, 0.1) is 5.92 Å². The zero-order chi connectivity index (χ0) is 14.2. The Morgan fingerprint density at radius 1 is 1.30 bits per heavy atom. The molecular weight excluding hydrogens is 252 g/mol. The monoisotopic (exact) mass is 274 g/mol. The first kappa shape index (κ1) is 14.4. The first-order valence-corrected chi connectivity index (χ1v) is 7.20. The summed E-state index contributed by atoms with van der Waals surface area (Å²) in [5.41, 5.74) is 0.773. The quantitative estimate of drug-likeness (QED) is 0.807. The minimum absolute atomic E-state index is 0.149. The van der Waals surface area contributed by atoms with Crippen molar-refractivity contribution in [2.24, 2.45) is 5.92 Å². The predicted octanol–water partition coefficient (Wildman–Crippen LogP) is 3.56. The second-order valence-corrected chi connectivity index (χ2v) is 4.94. The molecule has 2 amide bonds. The van der Waals surface area contributed by atoms with Crippen molar-refractivity contribution in [3.8, 4) is 5.75 Å². The van der Waals surface area contributed by atoms with E-state index in [0.717, 1.165) is 37.2 Å². The number of ether oxygens (including phenoxy) is 1. The average Bonchev–Trinajstić information content (AvgIpc) is 2.49. The summed E-state index contributed by atoms with van der Waals surface area (Å²) in [4.78, 5) is 11.8. The van der Waals surface area contributed by atoms with Crippen LogP contribution in [0.2, 0.25) is 0 Å². The van der Waals surface area contributed by atoms with E-state index < -0.39 is 0 Å². The van der Waals surface area contributed by atoms with Crippen molar-refractivity contribution in [3.63, 3.8) is 0 Å². The number of carbonyl (C=O) groups is 1. The van der Waals surface area contributed by atoms with Crippen molar-refractivity contribution in [1.82, 2.24) is 5.32 Å². The smallest absolute Gasteiger partial charge is 0.319 e. The topological polar surface area (TPSA) is 50.4 Å². The predicted molar refractivity (Wildman–Crippen MR) is 81.1 cm³/mol. The molecule has 20 heavy (non-hydrogen) atoms. The number of benzene rings is 1. The van der Waals surface area contributed by atoms with Gasteiger partial charge in [0.2, 0.25) is 0 Å². The van der Waals surface area contributed by atoms with Crippen molar-refractivity contribution < 1.29 is 9.53 Å². The Hall–Kier alpha value is -1.97. The fourth-order valence-corrected chi connectivity index (χ4v) is 2.26. The maximum absolute atomic E-state index is 11.8. The first-order valence-electron chi connectivity index (χ1n) is 7.20. The molecule has 2 rings (SSSR count). The lowest BCUT2D eigenvalue weighted by Gasteiger charge is -2.18. The molecule has 0 saturated carbocycles. The summed E-state index contributed by atoms with van der Waals surface area (Å²) in [5, 5.41) is 5.75. The summed E-state index contributed by atoms with van der Waals surface area (Å²) >= 11 is 0. The van der Waals surface area contributed by atoms with E-state index in [0.29, 0.717) is 12.5 Å². The van der Waals surface area contributed by atoms with Crippen LogP contribution in [0.1, 0.15) is 26.2 Å². The largest absolute Gasteiger partial charge is 0.494 e. The van der Waals surface area contributed by atoms with E-state index in [9.17, 15) is 4.79 Å². The zero-order valence-electron chi connectivity index (χ0n) is 11.9. The van der Waals surface area contributed by atoms with Crippen molar-refractivity contribution in [2.45, 2.75) is 26.2 Å². The lowest BCUT2D eigenvalue weighted by Crippen LogP contribution is -2.33. The molecule has 2 N–H and O–H groups in total. The molecule has 1 aromatic rings. The number of hydrogen-bond acceptors (Lipinski definition) is 2. The van der Waals surface area contributed by atoms with Crippen LogP contribution < -0.4 is 15.4 Å². The normalized spacial score (nSPS) is 17.6. The summed E-state index contributed by atoms with van der Waals surface area (Å²) in [6.45, 7) is 3.32. The average molecular weight is 274 g/mol. The molecule has 0 heterocycles. The molecule has 1 aromatic carbocycles. The minimum atomic E-state index is -0.149. The fourth-order valence-electron chi connectivity index (χ4n) is 2.26. The van der Waals surface area contributed by atoms with E-state index in [4.69, 9.17) is 4.74 Å². The third kappa shape index (κ3) is 4.61. The van der Waals surface area contributed by atoms with Gasteiger partial charge < -0.3 is 15.4 Å². The Kier molecular flexibility index (Phi) is 5.47. The van der Waals surface area contributed by atoms with Gasteiger partial charge >= 0.3 is 6.03 Å². The Morgan fingerprint density at radius 2 is 2.10 bits per heavy atom. The van der Waals surface area contributed by atoms with Gasteiger partial charge in [-0.3, -0.25) is 0 Å². The molecule has 0 aliphatic heterocycles. The lowest BCUT2D eigenvalue weighted by molar-refractivity contribution is 0.249. The van der Waals surface area contributed by atoms with Crippen LogP contribution in [0.25, 0.3) is 0 Å². The van der Waals surface area contributed by atoms with E-state index in [-0.39, 0.29) is 6.03 Å². The standard InChI is InChI=1S/C16H22N2O2/c1-2-20-15-10-8-14(9-11-15)18-16(19)17-12-13-6-4-3-5-7-13/h3-4,8-11,13H,2,5-7,12H2,1H3,(H2,17,18,19). The molecule has 108 valence electrons. The van der Waals surface area contributed by atoms with Crippen LogP contribution in [0.3, 0.4) is 0 Å². The van der Waals surface area contributed by atoms with Gasteiger partial charge in [0.25, 0.3) is 0 Å². The van der Waals surface area contributed by atoms with E-state index in [2.05, 4.69) is 22.8 Å². The molecule has 0 aromatic heterocycles. The Balaban J connectivity index is 1.74. The van der Waals surface area contributed by atoms with Gasteiger partial charge in [-0.1, -0.05) is 12.2 Å². The number of anilines is 1. The molecule has 1 aliphatic carbocycles. The van der Waals surface area contributed by atoms with Crippen molar-refractivity contribution in [2.75, 3.05) is 18.5 Å². The molecular formula is C16H22N2O2. The van der Waals surface area contributed by atoms with Gasteiger partial charge in [0, 0.05) is 12.2 Å². The molecule has 1 atom stereocenters. The van der Waals surface area contributed by atoms with Crippen LogP contribution in [-0.2, 0) is 0 Å². The highest BCUT2D eigenvalue weighted by molar-refractivity contribution is 5.89. The van der Waals surface area contributed by atoms with Gasteiger partial charge in [-0.15, -0.1) is 0 Å². The lowest BCUT2D eigenvalue weighted by atomic mass is 9.94.